The summed E-state index contributed by atoms with van der Waals surface area (Å²) < 4.78 is 19.0. The SMILES string of the molecule is COc1cccc(-n2c(C)cc([C@H]3[C@@H](c4ccccn4)NC(=S)N3c3ccc4c(c3)OCO4)c2C)c1. The van der Waals surface area contributed by atoms with Crippen LogP contribution < -0.4 is 24.4 Å². The van der Waals surface area contributed by atoms with Crippen molar-refractivity contribution in [3.05, 3.63) is 95.6 Å². The lowest BCUT2D eigenvalue weighted by molar-refractivity contribution is 0.174. The first-order chi connectivity index (χ1) is 17.5. The number of thiocarbonyl (C=S) groups is 1. The van der Waals surface area contributed by atoms with E-state index >= 15 is 0 Å². The largest absolute Gasteiger partial charge is 0.497 e. The summed E-state index contributed by atoms with van der Waals surface area (Å²) in [7, 11) is 1.69. The molecule has 0 bridgehead atoms. The van der Waals surface area contributed by atoms with Crippen LogP contribution in [0.1, 0.15) is 34.7 Å². The van der Waals surface area contributed by atoms with Crippen LogP contribution in [-0.4, -0.2) is 28.6 Å². The summed E-state index contributed by atoms with van der Waals surface area (Å²) in [6, 6.07) is 22.0. The standard InChI is InChI=1S/C28H26N4O3S/c1-17-13-22(18(2)31(17)19-7-6-8-21(14-19)33-3)27-26(23-9-4-5-12-29-23)30-28(36)32(27)20-10-11-24-25(15-20)35-16-34-24/h4-15,26-27H,16H2,1-3H3,(H,30,36)/t26-,27+/m1/s1. The lowest BCUT2D eigenvalue weighted by Crippen LogP contribution is -2.29. The smallest absolute Gasteiger partial charge is 0.231 e. The Kier molecular flexibility index (Phi) is 5.53. The van der Waals surface area contributed by atoms with Gasteiger partial charge in [-0.1, -0.05) is 12.1 Å². The maximum absolute atomic E-state index is 5.91. The van der Waals surface area contributed by atoms with Gasteiger partial charge in [0, 0.05) is 41.1 Å². The van der Waals surface area contributed by atoms with E-state index in [9.17, 15) is 0 Å². The number of nitrogens with one attached hydrogen (secondary N) is 1. The molecule has 7 nitrogen and oxygen atoms in total. The van der Waals surface area contributed by atoms with E-state index in [1.54, 1.807) is 7.11 Å². The molecule has 4 aromatic rings. The maximum atomic E-state index is 5.91. The predicted octanol–water partition coefficient (Wildman–Crippen LogP) is 5.40. The Hall–Kier alpha value is -4.04. The minimum Gasteiger partial charge on any atom is -0.497 e. The number of ether oxygens (including phenoxy) is 3. The maximum Gasteiger partial charge on any atom is 0.231 e. The number of methoxy groups -OCH3 is 1. The van der Waals surface area contributed by atoms with Gasteiger partial charge in [-0.25, -0.2) is 0 Å². The van der Waals surface area contributed by atoms with Gasteiger partial charge in [0.1, 0.15) is 5.75 Å². The summed E-state index contributed by atoms with van der Waals surface area (Å²) in [6.45, 7) is 4.50. The highest BCUT2D eigenvalue weighted by atomic mass is 32.1. The molecule has 2 aromatic carbocycles. The number of nitrogens with zero attached hydrogens (tertiary/aromatic N) is 3. The van der Waals surface area contributed by atoms with Gasteiger partial charge in [-0.3, -0.25) is 4.98 Å². The Morgan fingerprint density at radius 2 is 1.83 bits per heavy atom. The van der Waals surface area contributed by atoms with Crippen LogP contribution in [0, 0.1) is 13.8 Å². The van der Waals surface area contributed by atoms with E-state index in [4.69, 9.17) is 26.4 Å². The average molecular weight is 499 g/mol. The third-order valence-electron chi connectivity index (χ3n) is 6.83. The molecule has 1 fully saturated rings. The van der Waals surface area contributed by atoms with Crippen molar-refractivity contribution in [1.29, 1.82) is 0 Å². The Morgan fingerprint density at radius 3 is 2.64 bits per heavy atom. The number of fused-ring (bicyclic) bond motifs is 1. The zero-order chi connectivity index (χ0) is 24.8. The van der Waals surface area contributed by atoms with Gasteiger partial charge in [-0.15, -0.1) is 0 Å². The Labute approximate surface area is 215 Å². The van der Waals surface area contributed by atoms with Crippen LogP contribution in [-0.2, 0) is 0 Å². The molecule has 0 aliphatic carbocycles. The second-order valence-corrected chi connectivity index (χ2v) is 9.28. The summed E-state index contributed by atoms with van der Waals surface area (Å²) in [5, 5.41) is 4.18. The summed E-state index contributed by atoms with van der Waals surface area (Å²) in [5.41, 5.74) is 6.33. The van der Waals surface area contributed by atoms with Gasteiger partial charge < -0.3 is 29.0 Å². The number of hydrogen-bond acceptors (Lipinski definition) is 5. The molecule has 0 unspecified atom stereocenters. The number of pyridine rings is 1. The van der Waals surface area contributed by atoms with Gasteiger partial charge in [-0.2, -0.15) is 0 Å². The fraction of sp³-hybridized carbons (Fsp3) is 0.214. The molecule has 0 saturated carbocycles. The molecule has 6 rings (SSSR count). The molecule has 1 saturated heterocycles. The van der Waals surface area contributed by atoms with Crippen LogP contribution in [0.3, 0.4) is 0 Å². The molecule has 36 heavy (non-hydrogen) atoms. The summed E-state index contributed by atoms with van der Waals surface area (Å²) in [6.07, 6.45) is 1.82. The quantitative estimate of drug-likeness (QED) is 0.370. The minimum atomic E-state index is -0.136. The molecule has 2 aliphatic heterocycles. The number of hydrogen-bond donors (Lipinski definition) is 1. The molecule has 2 aliphatic rings. The number of aryl methyl sites for hydroxylation is 1. The highest BCUT2D eigenvalue weighted by molar-refractivity contribution is 7.80. The van der Waals surface area contributed by atoms with Gasteiger partial charge in [0.2, 0.25) is 6.79 Å². The van der Waals surface area contributed by atoms with Crippen LogP contribution in [0.15, 0.2) is 72.9 Å². The highest BCUT2D eigenvalue weighted by Gasteiger charge is 2.42. The van der Waals surface area contributed by atoms with Crippen LogP contribution in [0.4, 0.5) is 5.69 Å². The van der Waals surface area contributed by atoms with Crippen molar-refractivity contribution >= 4 is 23.0 Å². The van der Waals surface area contributed by atoms with Crippen molar-refractivity contribution in [3.8, 4) is 22.9 Å². The van der Waals surface area contributed by atoms with Crippen LogP contribution in [0.5, 0.6) is 17.2 Å². The molecular formula is C28H26N4O3S. The monoisotopic (exact) mass is 498 g/mol. The summed E-state index contributed by atoms with van der Waals surface area (Å²) in [5.74, 6) is 2.28. The van der Waals surface area contributed by atoms with E-state index in [-0.39, 0.29) is 18.9 Å². The van der Waals surface area contributed by atoms with E-state index in [0.29, 0.717) is 5.11 Å². The second kappa shape index (κ2) is 8.87. The molecule has 4 heterocycles. The first-order valence-corrected chi connectivity index (χ1v) is 12.2. The third kappa shape index (κ3) is 3.65. The van der Waals surface area contributed by atoms with Gasteiger partial charge in [0.25, 0.3) is 0 Å². The molecule has 8 heteroatoms. The van der Waals surface area contributed by atoms with E-state index in [0.717, 1.165) is 51.3 Å². The molecule has 2 atom stereocenters. The second-order valence-electron chi connectivity index (χ2n) is 8.90. The zero-order valence-corrected chi connectivity index (χ0v) is 21.1. The van der Waals surface area contributed by atoms with Crippen molar-refractivity contribution in [2.75, 3.05) is 18.8 Å². The van der Waals surface area contributed by atoms with E-state index in [2.05, 4.69) is 45.7 Å². The zero-order valence-electron chi connectivity index (χ0n) is 20.3. The Morgan fingerprint density at radius 1 is 0.972 bits per heavy atom. The molecule has 0 amide bonds. The molecule has 182 valence electrons. The molecule has 0 spiro atoms. The molecule has 0 radical (unpaired) electrons. The number of benzene rings is 2. The molecule has 2 aromatic heterocycles. The third-order valence-corrected chi connectivity index (χ3v) is 7.15. The van der Waals surface area contributed by atoms with Crippen molar-refractivity contribution < 1.29 is 14.2 Å². The van der Waals surface area contributed by atoms with Gasteiger partial charge in [0.05, 0.1) is 24.9 Å². The minimum absolute atomic E-state index is 0.127. The van der Waals surface area contributed by atoms with Gasteiger partial charge >= 0.3 is 0 Å². The first kappa shape index (κ1) is 22.4. The fourth-order valence-electron chi connectivity index (χ4n) is 5.22. The van der Waals surface area contributed by atoms with E-state index in [1.165, 1.54) is 0 Å². The van der Waals surface area contributed by atoms with Crippen LogP contribution in [0.2, 0.25) is 0 Å². The highest BCUT2D eigenvalue weighted by Crippen LogP contribution is 2.46. The number of aromatic nitrogens is 2. The summed E-state index contributed by atoms with van der Waals surface area (Å²) in [4.78, 5) is 6.84. The van der Waals surface area contributed by atoms with Crippen LogP contribution >= 0.6 is 12.2 Å². The first-order valence-electron chi connectivity index (χ1n) is 11.8. The average Bonchev–Trinajstić information content (AvgIpc) is 3.59. The lowest BCUT2D eigenvalue weighted by atomic mass is 9.96. The van der Waals surface area contributed by atoms with E-state index in [1.807, 2.05) is 60.8 Å². The molecular weight excluding hydrogens is 472 g/mol. The van der Waals surface area contributed by atoms with Crippen LogP contribution in [0.25, 0.3) is 5.69 Å². The Bertz CT molecular complexity index is 1450. The van der Waals surface area contributed by atoms with E-state index < -0.39 is 0 Å². The normalized spacial score (nSPS) is 18.4. The van der Waals surface area contributed by atoms with Crippen molar-refractivity contribution in [2.45, 2.75) is 25.9 Å². The van der Waals surface area contributed by atoms with Crippen molar-refractivity contribution in [2.24, 2.45) is 0 Å². The van der Waals surface area contributed by atoms with Crippen molar-refractivity contribution in [3.63, 3.8) is 0 Å². The lowest BCUT2D eigenvalue weighted by Gasteiger charge is -2.28. The van der Waals surface area contributed by atoms with Gasteiger partial charge in [-0.05, 0) is 74.1 Å². The van der Waals surface area contributed by atoms with Gasteiger partial charge in [0.15, 0.2) is 16.6 Å². The predicted molar refractivity (Wildman–Crippen MR) is 142 cm³/mol. The topological polar surface area (TPSA) is 60.8 Å². The number of anilines is 1. The summed E-state index contributed by atoms with van der Waals surface area (Å²) >= 11 is 5.91. The Balaban J connectivity index is 1.50. The number of rotatable bonds is 5. The molecule has 1 N–H and O–H groups in total. The van der Waals surface area contributed by atoms with Crippen molar-refractivity contribution in [1.82, 2.24) is 14.9 Å². The fourth-order valence-corrected chi connectivity index (χ4v) is 5.56.